The Kier molecular flexibility index (Phi) is 5.25. The van der Waals surface area contributed by atoms with Crippen molar-refractivity contribution in [3.05, 3.63) is 0 Å². The van der Waals surface area contributed by atoms with Crippen molar-refractivity contribution in [3.8, 4) is 0 Å². The molecule has 0 saturated heterocycles. The molecule has 0 rings (SSSR count). The molecule has 0 aliphatic rings. The summed E-state index contributed by atoms with van der Waals surface area (Å²) in [6, 6.07) is 0. The number of nitrogens with zero attached hydrogens (tertiary/aromatic N) is 1. The molecule has 0 aliphatic carbocycles. The fourth-order valence-electron chi connectivity index (χ4n) is 0.283. The highest BCUT2D eigenvalue weighted by molar-refractivity contribution is 14.1. The van der Waals surface area contributed by atoms with Gasteiger partial charge in [-0.05, 0) is 0 Å². The molecule has 0 radical (unpaired) electrons. The van der Waals surface area contributed by atoms with E-state index < -0.39 is 0 Å². The van der Waals surface area contributed by atoms with Gasteiger partial charge < -0.3 is 0 Å². The molecule has 3 heteroatoms. The lowest BCUT2D eigenvalue weighted by atomic mass is 10.8. The van der Waals surface area contributed by atoms with Crippen LogP contribution >= 0.6 is 22.9 Å². The molecule has 0 unspecified atom stereocenters. The van der Waals surface area contributed by atoms with E-state index in [1.54, 1.807) is 0 Å². The Labute approximate surface area is 58.7 Å². The van der Waals surface area contributed by atoms with Crippen molar-refractivity contribution in [1.29, 1.82) is 0 Å². The molecule has 0 fully saturated rings. The van der Waals surface area contributed by atoms with Gasteiger partial charge in [0.1, 0.15) is 0 Å². The minimum atomic E-state index is 1.01. The lowest BCUT2D eigenvalue weighted by Gasteiger charge is -2.09. The molecule has 0 aromatic rings. The zero-order chi connectivity index (χ0) is 5.70. The highest BCUT2D eigenvalue weighted by atomic mass is 127. The Bertz CT molecular complexity index is 40.7. The fraction of sp³-hybridized carbons (Fsp3) is 1.00. The summed E-state index contributed by atoms with van der Waals surface area (Å²) in [5.74, 6) is 0. The normalized spacial score (nSPS) is 10.3. The molecule has 0 bridgehead atoms. The van der Waals surface area contributed by atoms with Gasteiger partial charge in [-0.1, -0.05) is 13.8 Å². The summed E-state index contributed by atoms with van der Waals surface area (Å²) in [4.78, 5) is 0. The van der Waals surface area contributed by atoms with Crippen LogP contribution in [-0.2, 0) is 0 Å². The Balaban J connectivity index is 2.83. The van der Waals surface area contributed by atoms with Gasteiger partial charge in [0.25, 0.3) is 0 Å². The summed E-state index contributed by atoms with van der Waals surface area (Å²) in [5, 5.41) is 0. The maximum absolute atomic E-state index is 3.12. The van der Waals surface area contributed by atoms with Gasteiger partial charge in [0.05, 0.1) is 0 Å². The van der Waals surface area contributed by atoms with E-state index in [1.807, 2.05) is 3.22 Å². The number of nitrogens with one attached hydrogen (secondary N) is 1. The first kappa shape index (κ1) is 7.65. The molecule has 7 heavy (non-hydrogen) atoms. The Morgan fingerprint density at radius 1 is 1.57 bits per heavy atom. The van der Waals surface area contributed by atoms with E-state index >= 15 is 0 Å². The second-order valence-corrected chi connectivity index (χ2v) is 2.35. The zero-order valence-corrected chi connectivity index (χ0v) is 6.90. The van der Waals surface area contributed by atoms with Gasteiger partial charge in [-0.25, -0.2) is 5.43 Å². The summed E-state index contributed by atoms with van der Waals surface area (Å²) in [6.45, 7) is 6.25. The van der Waals surface area contributed by atoms with E-state index in [9.17, 15) is 0 Å². The van der Waals surface area contributed by atoms with Gasteiger partial charge in [-0.2, -0.15) is 3.22 Å². The topological polar surface area (TPSA) is 15.3 Å². The van der Waals surface area contributed by atoms with Gasteiger partial charge in [0, 0.05) is 36.0 Å². The van der Waals surface area contributed by atoms with E-state index in [0.29, 0.717) is 0 Å². The molecule has 0 saturated carbocycles. The van der Waals surface area contributed by atoms with Crippen LogP contribution in [-0.4, -0.2) is 16.3 Å². The third-order valence-electron chi connectivity index (χ3n) is 0.607. The monoisotopic (exact) mass is 214 g/mol. The number of hydrazine groups is 1. The minimum Gasteiger partial charge on any atom is -0.246 e. The number of hydrogen-bond donors (Lipinski definition) is 1. The number of rotatable bonds is 3. The van der Waals surface area contributed by atoms with E-state index in [1.165, 1.54) is 0 Å². The van der Waals surface area contributed by atoms with Crippen LogP contribution in [0.25, 0.3) is 0 Å². The highest BCUT2D eigenvalue weighted by Gasteiger charge is 1.86. The first-order valence-electron chi connectivity index (χ1n) is 2.48. The third-order valence-corrected chi connectivity index (χ3v) is 1.63. The van der Waals surface area contributed by atoms with Crippen molar-refractivity contribution in [2.24, 2.45) is 0 Å². The second kappa shape index (κ2) is 4.80. The SMILES string of the molecule is CCNN(I)CC. The zero-order valence-electron chi connectivity index (χ0n) is 4.74. The van der Waals surface area contributed by atoms with Crippen LogP contribution < -0.4 is 5.43 Å². The molecule has 0 heterocycles. The molecular formula is C4H11IN2. The molecule has 0 atom stereocenters. The Hall–Kier alpha value is 0.650. The molecular weight excluding hydrogens is 203 g/mol. The quantitative estimate of drug-likeness (QED) is 0.431. The lowest BCUT2D eigenvalue weighted by molar-refractivity contribution is 0.413. The average Bonchev–Trinajstić information content (AvgIpc) is 1.68. The van der Waals surface area contributed by atoms with Gasteiger partial charge in [0.15, 0.2) is 0 Å². The summed E-state index contributed by atoms with van der Waals surface area (Å²) in [7, 11) is 0. The number of hydrogen-bond acceptors (Lipinski definition) is 2. The Morgan fingerprint density at radius 3 is 2.29 bits per heavy atom. The lowest BCUT2D eigenvalue weighted by Crippen LogP contribution is -2.27. The maximum Gasteiger partial charge on any atom is 0.0366 e. The summed E-state index contributed by atoms with van der Waals surface area (Å²) in [6.07, 6.45) is 0. The van der Waals surface area contributed by atoms with Crippen molar-refractivity contribution in [2.75, 3.05) is 13.1 Å². The standard InChI is InChI=1S/C4H11IN2/c1-3-6-7(5)4-2/h6H,3-4H2,1-2H3. The molecule has 0 aliphatic heterocycles. The van der Waals surface area contributed by atoms with Crippen LogP contribution in [0.4, 0.5) is 0 Å². The van der Waals surface area contributed by atoms with Crippen molar-refractivity contribution < 1.29 is 0 Å². The fourth-order valence-corrected chi connectivity index (χ4v) is 0.624. The molecule has 0 amide bonds. The van der Waals surface area contributed by atoms with Crippen LogP contribution in [0.2, 0.25) is 0 Å². The smallest absolute Gasteiger partial charge is 0.0366 e. The Morgan fingerprint density at radius 2 is 2.14 bits per heavy atom. The van der Waals surface area contributed by atoms with Gasteiger partial charge in [-0.15, -0.1) is 0 Å². The van der Waals surface area contributed by atoms with Crippen molar-refractivity contribution >= 4 is 22.9 Å². The average molecular weight is 214 g/mol. The molecule has 44 valence electrons. The van der Waals surface area contributed by atoms with Crippen LogP contribution in [0.1, 0.15) is 13.8 Å². The largest absolute Gasteiger partial charge is 0.246 e. The predicted octanol–water partition coefficient (Wildman–Crippen LogP) is 1.18. The first-order valence-corrected chi connectivity index (χ1v) is 3.44. The van der Waals surface area contributed by atoms with Gasteiger partial charge >= 0.3 is 0 Å². The van der Waals surface area contributed by atoms with Crippen molar-refractivity contribution in [3.63, 3.8) is 0 Å². The van der Waals surface area contributed by atoms with Crippen LogP contribution in [0.5, 0.6) is 0 Å². The van der Waals surface area contributed by atoms with E-state index in [2.05, 4.69) is 42.1 Å². The molecule has 0 aromatic heterocycles. The van der Waals surface area contributed by atoms with Crippen molar-refractivity contribution in [2.45, 2.75) is 13.8 Å². The summed E-state index contributed by atoms with van der Waals surface area (Å²) >= 11 is 2.23. The predicted molar refractivity (Wildman–Crippen MR) is 40.1 cm³/mol. The first-order chi connectivity index (χ1) is 3.31. The van der Waals surface area contributed by atoms with Gasteiger partial charge in [-0.3, -0.25) is 0 Å². The van der Waals surface area contributed by atoms with Crippen LogP contribution in [0.3, 0.4) is 0 Å². The van der Waals surface area contributed by atoms with E-state index in [4.69, 9.17) is 0 Å². The molecule has 2 nitrogen and oxygen atoms in total. The van der Waals surface area contributed by atoms with Crippen LogP contribution in [0.15, 0.2) is 0 Å². The summed E-state index contributed by atoms with van der Waals surface area (Å²) < 4.78 is 2.03. The minimum absolute atomic E-state index is 1.01. The molecule has 0 spiro atoms. The number of halogens is 1. The second-order valence-electron chi connectivity index (χ2n) is 1.19. The van der Waals surface area contributed by atoms with E-state index in [0.717, 1.165) is 13.1 Å². The highest BCUT2D eigenvalue weighted by Crippen LogP contribution is 1.88. The molecule has 1 N–H and O–H groups in total. The van der Waals surface area contributed by atoms with Crippen molar-refractivity contribution in [1.82, 2.24) is 8.65 Å². The maximum atomic E-state index is 3.12. The van der Waals surface area contributed by atoms with Crippen LogP contribution in [0, 0.1) is 0 Å². The van der Waals surface area contributed by atoms with Gasteiger partial charge in [0.2, 0.25) is 0 Å². The third kappa shape index (κ3) is 4.50. The van der Waals surface area contributed by atoms with E-state index in [-0.39, 0.29) is 0 Å². The summed E-state index contributed by atoms with van der Waals surface area (Å²) in [5.41, 5.74) is 3.12. The molecule has 0 aromatic carbocycles.